The van der Waals surface area contributed by atoms with E-state index in [1.807, 2.05) is 56.3 Å². The van der Waals surface area contributed by atoms with Gasteiger partial charge in [-0.25, -0.2) is 4.79 Å². The lowest BCUT2D eigenvalue weighted by Gasteiger charge is -2.43. The number of carbonyl (C=O) groups excluding carboxylic acids is 2. The van der Waals surface area contributed by atoms with Crippen LogP contribution in [0, 0.1) is 6.92 Å². The zero-order valence-corrected chi connectivity index (χ0v) is 25.8. The predicted octanol–water partition coefficient (Wildman–Crippen LogP) is 6.24. The molecule has 2 aliphatic rings. The molecule has 1 amide bonds. The van der Waals surface area contributed by atoms with E-state index in [0.717, 1.165) is 67.8 Å². The quantitative estimate of drug-likeness (QED) is 0.211. The number of aryl methyl sites for hydroxylation is 1. The lowest BCUT2D eigenvalue weighted by molar-refractivity contribution is -0.136. The third kappa shape index (κ3) is 6.30. The van der Waals surface area contributed by atoms with Gasteiger partial charge in [0, 0.05) is 30.9 Å². The minimum atomic E-state index is -0.387. The molecule has 2 aliphatic heterocycles. The van der Waals surface area contributed by atoms with Gasteiger partial charge in [0.1, 0.15) is 0 Å². The SMILES string of the molecule is COC(=O)C1=CN(C)C(C)=C(N(C=O)CCCN2CCC(c3ccccc3)(c3ccccc3)CC2)C1c1ccc(C)cc1. The largest absolute Gasteiger partial charge is 0.466 e. The molecule has 0 aliphatic carbocycles. The van der Waals surface area contributed by atoms with Gasteiger partial charge in [0.25, 0.3) is 0 Å². The first kappa shape index (κ1) is 30.3. The monoisotopic (exact) mass is 577 g/mol. The molecule has 1 atom stereocenters. The van der Waals surface area contributed by atoms with Crippen molar-refractivity contribution < 1.29 is 14.3 Å². The molecule has 0 N–H and O–H groups in total. The maximum atomic E-state index is 13.0. The molecule has 5 rings (SSSR count). The summed E-state index contributed by atoms with van der Waals surface area (Å²) < 4.78 is 5.18. The average Bonchev–Trinajstić information content (AvgIpc) is 3.05. The van der Waals surface area contributed by atoms with Gasteiger partial charge in [0.2, 0.25) is 6.41 Å². The molecule has 0 saturated carbocycles. The van der Waals surface area contributed by atoms with Crippen molar-refractivity contribution in [2.45, 2.75) is 44.4 Å². The number of allylic oxidation sites excluding steroid dienone is 2. The molecular weight excluding hydrogens is 534 g/mol. The molecule has 1 saturated heterocycles. The van der Waals surface area contributed by atoms with Crippen molar-refractivity contribution >= 4 is 12.4 Å². The van der Waals surface area contributed by atoms with E-state index in [1.165, 1.54) is 18.2 Å². The first-order valence-corrected chi connectivity index (χ1v) is 15.2. The van der Waals surface area contributed by atoms with E-state index in [0.29, 0.717) is 12.1 Å². The Kier molecular flexibility index (Phi) is 9.46. The van der Waals surface area contributed by atoms with Gasteiger partial charge in [-0.1, -0.05) is 90.5 Å². The molecule has 0 spiro atoms. The van der Waals surface area contributed by atoms with Crippen LogP contribution >= 0.6 is 0 Å². The number of benzene rings is 3. The van der Waals surface area contributed by atoms with E-state index < -0.39 is 0 Å². The van der Waals surface area contributed by atoms with Crippen molar-refractivity contribution in [3.05, 3.63) is 130 Å². The van der Waals surface area contributed by atoms with Crippen LogP contribution in [-0.4, -0.2) is 67.4 Å². The lowest BCUT2D eigenvalue weighted by atomic mass is 9.68. The summed E-state index contributed by atoms with van der Waals surface area (Å²) in [6.07, 6.45) is 5.69. The minimum Gasteiger partial charge on any atom is -0.466 e. The van der Waals surface area contributed by atoms with E-state index in [1.54, 1.807) is 4.90 Å². The number of carbonyl (C=O) groups is 2. The Morgan fingerprint density at radius 3 is 2.05 bits per heavy atom. The van der Waals surface area contributed by atoms with Crippen molar-refractivity contribution in [2.75, 3.05) is 40.3 Å². The molecule has 0 bridgehead atoms. The topological polar surface area (TPSA) is 53.1 Å². The van der Waals surface area contributed by atoms with Crippen LogP contribution in [0.25, 0.3) is 0 Å². The highest BCUT2D eigenvalue weighted by atomic mass is 16.5. The number of amides is 1. The van der Waals surface area contributed by atoms with Crippen LogP contribution in [0.2, 0.25) is 0 Å². The number of hydrogen-bond donors (Lipinski definition) is 0. The summed E-state index contributed by atoms with van der Waals surface area (Å²) in [6, 6.07) is 30.0. The molecule has 224 valence electrons. The Balaban J connectivity index is 1.31. The number of piperidine rings is 1. The summed E-state index contributed by atoms with van der Waals surface area (Å²) in [4.78, 5) is 31.8. The molecule has 6 nitrogen and oxygen atoms in total. The molecule has 43 heavy (non-hydrogen) atoms. The van der Waals surface area contributed by atoms with E-state index in [-0.39, 0.29) is 17.3 Å². The molecule has 1 fully saturated rings. The Morgan fingerprint density at radius 2 is 1.51 bits per heavy atom. The first-order valence-electron chi connectivity index (χ1n) is 15.2. The van der Waals surface area contributed by atoms with Gasteiger partial charge in [-0.2, -0.15) is 0 Å². The smallest absolute Gasteiger partial charge is 0.336 e. The molecule has 1 unspecified atom stereocenters. The van der Waals surface area contributed by atoms with Crippen molar-refractivity contribution in [1.29, 1.82) is 0 Å². The summed E-state index contributed by atoms with van der Waals surface area (Å²) in [5.41, 5.74) is 7.18. The van der Waals surface area contributed by atoms with Crippen LogP contribution in [-0.2, 0) is 19.7 Å². The number of rotatable bonds is 10. The van der Waals surface area contributed by atoms with Crippen molar-refractivity contribution in [3.63, 3.8) is 0 Å². The van der Waals surface area contributed by atoms with Crippen LogP contribution in [0.1, 0.15) is 54.4 Å². The number of hydrogen-bond acceptors (Lipinski definition) is 5. The predicted molar refractivity (Wildman–Crippen MR) is 171 cm³/mol. The van der Waals surface area contributed by atoms with E-state index >= 15 is 0 Å². The molecule has 3 aromatic carbocycles. The molecule has 0 aromatic heterocycles. The van der Waals surface area contributed by atoms with E-state index in [4.69, 9.17) is 4.74 Å². The van der Waals surface area contributed by atoms with Crippen LogP contribution < -0.4 is 0 Å². The zero-order valence-electron chi connectivity index (χ0n) is 25.8. The average molecular weight is 578 g/mol. The van der Waals surface area contributed by atoms with Gasteiger partial charge in [-0.05, 0) is 69.4 Å². The minimum absolute atomic E-state index is 0.0142. The second-order valence-corrected chi connectivity index (χ2v) is 11.8. The Labute approximate surface area is 256 Å². The van der Waals surface area contributed by atoms with Crippen LogP contribution in [0.4, 0.5) is 0 Å². The Morgan fingerprint density at radius 1 is 0.930 bits per heavy atom. The van der Waals surface area contributed by atoms with Gasteiger partial charge in [0.15, 0.2) is 0 Å². The fraction of sp³-hybridized carbons (Fsp3) is 0.351. The van der Waals surface area contributed by atoms with Crippen molar-refractivity contribution in [1.82, 2.24) is 14.7 Å². The van der Waals surface area contributed by atoms with Gasteiger partial charge in [-0.3, -0.25) is 4.79 Å². The fourth-order valence-corrected chi connectivity index (χ4v) is 6.79. The number of methoxy groups -OCH3 is 1. The van der Waals surface area contributed by atoms with Crippen LogP contribution in [0.5, 0.6) is 0 Å². The summed E-state index contributed by atoms with van der Waals surface area (Å²) in [5, 5.41) is 0. The second-order valence-electron chi connectivity index (χ2n) is 11.8. The zero-order chi connectivity index (χ0) is 30.4. The van der Waals surface area contributed by atoms with Crippen molar-refractivity contribution in [3.8, 4) is 0 Å². The van der Waals surface area contributed by atoms with Crippen LogP contribution in [0.15, 0.2) is 108 Å². The standard InChI is InChI=1S/C37H43N3O3/c1-28-16-18-30(19-17-28)34-33(36(42)43-4)26-38(3)29(2)35(34)40(27-41)23-11-22-39-24-20-37(21-25-39,31-12-7-5-8-13-31)32-14-9-6-10-15-32/h5-10,12-19,26-27,34H,11,20-25H2,1-4H3. The van der Waals surface area contributed by atoms with Crippen molar-refractivity contribution in [2.24, 2.45) is 0 Å². The summed E-state index contributed by atoms with van der Waals surface area (Å²) in [6.45, 7) is 7.52. The van der Waals surface area contributed by atoms with Gasteiger partial charge in [0.05, 0.1) is 24.3 Å². The highest BCUT2D eigenvalue weighted by molar-refractivity contribution is 5.91. The van der Waals surface area contributed by atoms with E-state index in [2.05, 4.69) is 65.6 Å². The van der Waals surface area contributed by atoms with E-state index in [9.17, 15) is 9.59 Å². The third-order valence-electron chi connectivity index (χ3n) is 9.32. The second kappa shape index (κ2) is 13.4. The maximum absolute atomic E-state index is 13.0. The molecule has 6 heteroatoms. The number of esters is 1. The molecular formula is C37H43N3O3. The van der Waals surface area contributed by atoms with Gasteiger partial charge < -0.3 is 19.4 Å². The van der Waals surface area contributed by atoms with Gasteiger partial charge >= 0.3 is 5.97 Å². The summed E-state index contributed by atoms with van der Waals surface area (Å²) in [7, 11) is 3.31. The molecule has 0 radical (unpaired) electrons. The number of ether oxygens (including phenoxy) is 1. The number of nitrogens with zero attached hydrogens (tertiary/aromatic N) is 3. The Bertz CT molecular complexity index is 1410. The fourth-order valence-electron chi connectivity index (χ4n) is 6.79. The summed E-state index contributed by atoms with van der Waals surface area (Å²) >= 11 is 0. The number of likely N-dealkylation sites (tertiary alicyclic amines) is 1. The lowest BCUT2D eigenvalue weighted by Crippen LogP contribution is -2.44. The Hall–Kier alpha value is -4.16. The highest BCUT2D eigenvalue weighted by Crippen LogP contribution is 2.42. The normalized spacial score (nSPS) is 18.7. The maximum Gasteiger partial charge on any atom is 0.336 e. The highest BCUT2D eigenvalue weighted by Gasteiger charge is 2.38. The summed E-state index contributed by atoms with van der Waals surface area (Å²) in [5.74, 6) is -0.774. The molecule has 3 aromatic rings. The van der Waals surface area contributed by atoms with Gasteiger partial charge in [-0.15, -0.1) is 0 Å². The first-order chi connectivity index (χ1) is 20.9. The third-order valence-corrected chi connectivity index (χ3v) is 9.32. The van der Waals surface area contributed by atoms with Crippen LogP contribution in [0.3, 0.4) is 0 Å². The molecule has 2 heterocycles.